The molecule has 10 heteroatoms. The van der Waals surface area contributed by atoms with Gasteiger partial charge in [0.05, 0.1) is 0 Å². The Hall–Kier alpha value is -2.09. The molecule has 5 nitrogen and oxygen atoms in total. The molecule has 3 N–H and O–H groups in total. The van der Waals surface area contributed by atoms with Crippen LogP contribution in [-0.2, 0) is 9.36 Å². The van der Waals surface area contributed by atoms with Crippen LogP contribution < -0.4 is 5.32 Å². The molecule has 28 heavy (non-hydrogen) atoms. The molecule has 1 aromatic heterocycles. The minimum atomic E-state index is -4.87. The van der Waals surface area contributed by atoms with E-state index in [-0.39, 0.29) is 11.1 Å². The molecule has 0 saturated carbocycles. The molecule has 2 aromatic carbocycles. The van der Waals surface area contributed by atoms with Gasteiger partial charge in [-0.25, -0.2) is 8.78 Å². The minimum absolute atomic E-state index is 0.00203. The Balaban J connectivity index is 1.89. The molecule has 0 aliphatic carbocycles. The maximum atomic E-state index is 13.6. The standard InChI is InChI=1S/C18H13ClF2NO4PS/c19-11-2-4-16-13(7-11)14(9-28-16)17(27(24,25)26)18(23)22-6-5-10-1-3-12(20)8-15(10)21/h1-9,17H,(H,22,23)(H2,24,25,26). The van der Waals surface area contributed by atoms with Crippen LogP contribution in [0.25, 0.3) is 16.2 Å². The molecule has 0 fully saturated rings. The number of fused-ring (bicyclic) bond motifs is 1. The van der Waals surface area contributed by atoms with Gasteiger partial charge in [-0.05, 0) is 52.7 Å². The van der Waals surface area contributed by atoms with E-state index in [9.17, 15) is 27.9 Å². The van der Waals surface area contributed by atoms with Crippen LogP contribution in [0.3, 0.4) is 0 Å². The van der Waals surface area contributed by atoms with E-state index in [1.54, 1.807) is 12.1 Å². The smallest absolute Gasteiger partial charge is 0.332 e. The lowest BCUT2D eigenvalue weighted by Crippen LogP contribution is -2.25. The number of hydrogen-bond acceptors (Lipinski definition) is 3. The highest BCUT2D eigenvalue weighted by atomic mass is 35.5. The van der Waals surface area contributed by atoms with Crippen LogP contribution in [0.1, 0.15) is 16.8 Å². The van der Waals surface area contributed by atoms with Gasteiger partial charge in [0.1, 0.15) is 11.6 Å². The lowest BCUT2D eigenvalue weighted by molar-refractivity contribution is -0.120. The lowest BCUT2D eigenvalue weighted by Gasteiger charge is -2.16. The van der Waals surface area contributed by atoms with Crippen molar-refractivity contribution in [3.8, 4) is 0 Å². The van der Waals surface area contributed by atoms with Crippen LogP contribution in [0.4, 0.5) is 8.78 Å². The monoisotopic (exact) mass is 443 g/mol. The molecule has 0 spiro atoms. The van der Waals surface area contributed by atoms with Crippen molar-refractivity contribution in [2.45, 2.75) is 5.66 Å². The zero-order valence-corrected chi connectivity index (χ0v) is 16.4. The van der Waals surface area contributed by atoms with Crippen LogP contribution in [0.2, 0.25) is 5.02 Å². The highest BCUT2D eigenvalue weighted by Gasteiger charge is 2.38. The number of nitrogens with one attached hydrogen (secondary N) is 1. The van der Waals surface area contributed by atoms with E-state index in [0.29, 0.717) is 16.5 Å². The SMILES string of the molecule is O=C(NC=Cc1ccc(F)cc1F)C(c1csc2ccc(Cl)cc12)P(=O)(O)O. The molecule has 0 aliphatic heterocycles. The van der Waals surface area contributed by atoms with Gasteiger partial charge in [0.2, 0.25) is 5.91 Å². The zero-order valence-electron chi connectivity index (χ0n) is 14.0. The summed E-state index contributed by atoms with van der Waals surface area (Å²) < 4.78 is 39.3. The molecule has 3 aromatic rings. The molecular formula is C18H13ClF2NO4PS. The molecule has 1 unspecified atom stereocenters. The van der Waals surface area contributed by atoms with Gasteiger partial charge in [0, 0.05) is 27.6 Å². The number of carbonyl (C=O) groups excluding carboxylic acids is 1. The highest BCUT2D eigenvalue weighted by molar-refractivity contribution is 7.53. The summed E-state index contributed by atoms with van der Waals surface area (Å²) >= 11 is 7.18. The van der Waals surface area contributed by atoms with Crippen molar-refractivity contribution in [1.29, 1.82) is 0 Å². The van der Waals surface area contributed by atoms with Crippen molar-refractivity contribution < 1.29 is 27.9 Å². The van der Waals surface area contributed by atoms with Crippen LogP contribution in [0, 0.1) is 11.6 Å². The highest BCUT2D eigenvalue weighted by Crippen LogP contribution is 2.54. The maximum Gasteiger partial charge on any atom is 0.342 e. The van der Waals surface area contributed by atoms with Crippen LogP contribution in [-0.4, -0.2) is 15.7 Å². The van der Waals surface area contributed by atoms with Crippen LogP contribution in [0.15, 0.2) is 48.0 Å². The maximum absolute atomic E-state index is 13.6. The van der Waals surface area contributed by atoms with Crippen LogP contribution in [0.5, 0.6) is 0 Å². The van der Waals surface area contributed by atoms with E-state index in [2.05, 4.69) is 5.32 Å². The molecule has 1 amide bonds. The number of thiophene rings is 1. The second kappa shape index (κ2) is 8.11. The summed E-state index contributed by atoms with van der Waals surface area (Å²) in [4.78, 5) is 32.0. The first kappa shape index (κ1) is 20.6. The zero-order chi connectivity index (χ0) is 20.5. The third-order valence-corrected chi connectivity index (χ3v) is 6.30. The van der Waals surface area contributed by atoms with Crippen molar-refractivity contribution in [1.82, 2.24) is 5.32 Å². The van der Waals surface area contributed by atoms with E-state index in [4.69, 9.17) is 11.6 Å². The summed E-state index contributed by atoms with van der Waals surface area (Å²) in [7, 11) is -4.87. The fraction of sp³-hybridized carbons (Fsp3) is 0.0556. The van der Waals surface area contributed by atoms with Crippen molar-refractivity contribution in [2.24, 2.45) is 0 Å². The van der Waals surface area contributed by atoms with Crippen molar-refractivity contribution >= 4 is 52.6 Å². The number of carbonyl (C=O) groups is 1. The molecule has 0 bridgehead atoms. The molecule has 0 aliphatic rings. The van der Waals surface area contributed by atoms with Crippen molar-refractivity contribution in [2.75, 3.05) is 0 Å². The summed E-state index contributed by atoms with van der Waals surface area (Å²) in [6.07, 6.45) is 2.20. The summed E-state index contributed by atoms with van der Waals surface area (Å²) in [5, 5.41) is 4.57. The Labute approximate surface area is 167 Å². The van der Waals surface area contributed by atoms with E-state index in [1.165, 1.54) is 28.8 Å². The Morgan fingerprint density at radius 3 is 2.64 bits per heavy atom. The van der Waals surface area contributed by atoms with Gasteiger partial charge >= 0.3 is 7.60 Å². The van der Waals surface area contributed by atoms with E-state index in [1.807, 2.05) is 0 Å². The number of halogens is 3. The minimum Gasteiger partial charge on any atom is -0.332 e. The Morgan fingerprint density at radius 2 is 1.96 bits per heavy atom. The number of hydrogen-bond donors (Lipinski definition) is 3. The number of benzene rings is 2. The fourth-order valence-corrected chi connectivity index (χ4v) is 4.83. The lowest BCUT2D eigenvalue weighted by atomic mass is 10.1. The molecule has 1 atom stereocenters. The van der Waals surface area contributed by atoms with Crippen molar-refractivity contribution in [3.05, 3.63) is 75.8 Å². The third kappa shape index (κ3) is 4.48. The average molecular weight is 444 g/mol. The second-order valence-electron chi connectivity index (χ2n) is 5.83. The van der Waals surface area contributed by atoms with Gasteiger partial charge in [0.25, 0.3) is 0 Å². The Morgan fingerprint density at radius 1 is 1.21 bits per heavy atom. The molecule has 1 heterocycles. The van der Waals surface area contributed by atoms with Crippen molar-refractivity contribution in [3.63, 3.8) is 0 Å². The van der Waals surface area contributed by atoms with E-state index >= 15 is 0 Å². The summed E-state index contributed by atoms with van der Waals surface area (Å²) in [5.41, 5.74) is -1.61. The first-order chi connectivity index (χ1) is 13.2. The van der Waals surface area contributed by atoms with E-state index in [0.717, 1.165) is 23.0 Å². The summed E-state index contributed by atoms with van der Waals surface area (Å²) in [6, 6.07) is 7.75. The van der Waals surface area contributed by atoms with E-state index < -0.39 is 30.8 Å². The Kier molecular flexibility index (Phi) is 5.98. The van der Waals surface area contributed by atoms with Gasteiger partial charge in [-0.3, -0.25) is 9.36 Å². The normalized spacial score (nSPS) is 13.2. The second-order valence-corrected chi connectivity index (χ2v) is 8.87. The largest absolute Gasteiger partial charge is 0.342 e. The quantitative estimate of drug-likeness (QED) is 0.492. The predicted octanol–water partition coefficient (Wildman–Crippen LogP) is 4.84. The van der Waals surface area contributed by atoms with Gasteiger partial charge in [0.15, 0.2) is 5.66 Å². The van der Waals surface area contributed by atoms with Crippen LogP contribution >= 0.6 is 30.5 Å². The number of rotatable bonds is 5. The van der Waals surface area contributed by atoms with Gasteiger partial charge in [-0.15, -0.1) is 11.3 Å². The molecule has 146 valence electrons. The summed E-state index contributed by atoms with van der Waals surface area (Å²) in [6.45, 7) is 0. The average Bonchev–Trinajstić information content (AvgIpc) is 2.98. The molecule has 0 saturated heterocycles. The number of amides is 1. The molecular weight excluding hydrogens is 431 g/mol. The first-order valence-corrected chi connectivity index (χ1v) is 10.7. The fourth-order valence-electron chi connectivity index (χ4n) is 2.64. The first-order valence-electron chi connectivity index (χ1n) is 7.80. The molecule has 0 radical (unpaired) electrons. The topological polar surface area (TPSA) is 86.6 Å². The predicted molar refractivity (Wildman–Crippen MR) is 105 cm³/mol. The molecule has 3 rings (SSSR count). The Bertz CT molecular complexity index is 1130. The third-order valence-electron chi connectivity index (χ3n) is 3.90. The summed E-state index contributed by atoms with van der Waals surface area (Å²) in [5.74, 6) is -2.55. The van der Waals surface area contributed by atoms with Gasteiger partial charge in [-0.1, -0.05) is 11.6 Å². The van der Waals surface area contributed by atoms with Gasteiger partial charge in [-0.2, -0.15) is 0 Å². The van der Waals surface area contributed by atoms with Gasteiger partial charge < -0.3 is 15.1 Å².